The zero-order valence-electron chi connectivity index (χ0n) is 39.4. The van der Waals surface area contributed by atoms with Crippen molar-refractivity contribution >= 4 is 75.1 Å². The number of thiophene rings is 1. The highest BCUT2D eigenvalue weighted by molar-refractivity contribution is 7.26. The number of nitrogens with zero attached hydrogens (tertiary/aromatic N) is 5. The van der Waals surface area contributed by atoms with Gasteiger partial charge in [-0.2, -0.15) is 0 Å². The Morgan fingerprint density at radius 2 is 0.937 bits per heavy atom. The molecule has 9 aromatic carbocycles. The number of rotatable bonds is 6. The van der Waals surface area contributed by atoms with E-state index in [0.29, 0.717) is 54.6 Å². The van der Waals surface area contributed by atoms with E-state index in [4.69, 9.17) is 20.4 Å². The number of fused-ring (bicyclic) bond motifs is 9. The van der Waals surface area contributed by atoms with E-state index in [0.717, 1.165) is 60.4 Å². The summed E-state index contributed by atoms with van der Waals surface area (Å²) in [5.41, 5.74) is 9.01. The van der Waals surface area contributed by atoms with E-state index in [2.05, 4.69) is 88.0 Å². The number of hydrogen-bond donors (Lipinski definition) is 0. The lowest BCUT2D eigenvalue weighted by atomic mass is 9.98. The first-order chi connectivity index (χ1) is 33.7. The molecule has 6 heteroatoms. The van der Waals surface area contributed by atoms with Crippen LogP contribution < -0.4 is 0 Å². The second kappa shape index (κ2) is 14.2. The van der Waals surface area contributed by atoms with Gasteiger partial charge in [0, 0.05) is 75.2 Å². The van der Waals surface area contributed by atoms with Crippen molar-refractivity contribution in [3.05, 3.63) is 212 Å². The van der Waals surface area contributed by atoms with Gasteiger partial charge in [0.1, 0.15) is 0 Å². The summed E-state index contributed by atoms with van der Waals surface area (Å²) in [7, 11) is 0. The third-order valence-corrected chi connectivity index (χ3v) is 13.1. The van der Waals surface area contributed by atoms with Crippen molar-refractivity contribution in [3.63, 3.8) is 0 Å². The van der Waals surface area contributed by atoms with Crippen molar-refractivity contribution < 1.29 is 8.22 Å². The summed E-state index contributed by atoms with van der Waals surface area (Å²) in [6.07, 6.45) is 0. The minimum atomic E-state index is -0.298. The van der Waals surface area contributed by atoms with E-state index in [1.54, 1.807) is 0 Å². The average molecular weight is 828 g/mol. The van der Waals surface area contributed by atoms with Crippen molar-refractivity contribution in [1.82, 2.24) is 24.1 Å². The van der Waals surface area contributed by atoms with Crippen molar-refractivity contribution in [3.8, 4) is 56.7 Å². The second-order valence-corrected chi connectivity index (χ2v) is 16.5. The predicted octanol–water partition coefficient (Wildman–Crippen LogP) is 15.1. The fraction of sp³-hybridized carbons (Fsp3) is 0. The van der Waals surface area contributed by atoms with Crippen LogP contribution in [0.15, 0.2) is 212 Å². The Hall–Kier alpha value is -8.19. The van der Waals surface area contributed by atoms with Crippen molar-refractivity contribution in [2.24, 2.45) is 0 Å². The third kappa shape index (κ3) is 5.66. The van der Waals surface area contributed by atoms with Gasteiger partial charge in [-0.25, -0.2) is 15.0 Å². The van der Waals surface area contributed by atoms with Gasteiger partial charge >= 0.3 is 0 Å². The smallest absolute Gasteiger partial charge is 0.164 e. The largest absolute Gasteiger partial charge is 0.309 e. The van der Waals surface area contributed by atoms with Crippen LogP contribution in [0.1, 0.15) is 8.22 Å². The summed E-state index contributed by atoms with van der Waals surface area (Å²) in [4.78, 5) is 15.6. The van der Waals surface area contributed by atoms with Gasteiger partial charge in [-0.05, 0) is 48.5 Å². The molecule has 0 unspecified atom stereocenters. The Balaban J connectivity index is 1.10. The van der Waals surface area contributed by atoms with Crippen LogP contribution in [0, 0.1) is 0 Å². The quantitative estimate of drug-likeness (QED) is 0.168. The van der Waals surface area contributed by atoms with Crippen LogP contribution in [0.5, 0.6) is 0 Å². The Bertz CT molecular complexity index is 4220. The van der Waals surface area contributed by atoms with Gasteiger partial charge in [0.2, 0.25) is 0 Å². The normalized spacial score (nSPS) is 13.1. The maximum atomic E-state index is 9.58. The summed E-state index contributed by atoms with van der Waals surface area (Å²) >= 11 is 1.23. The van der Waals surface area contributed by atoms with E-state index in [-0.39, 0.29) is 41.6 Å². The van der Waals surface area contributed by atoms with E-state index >= 15 is 0 Å². The Labute approximate surface area is 374 Å². The molecule has 13 rings (SSSR count). The molecule has 0 fully saturated rings. The molecule has 4 heterocycles. The van der Waals surface area contributed by atoms with Crippen LogP contribution in [0.3, 0.4) is 0 Å². The van der Waals surface area contributed by atoms with E-state index in [9.17, 15) is 2.74 Å². The minimum absolute atomic E-state index is 0.0640. The van der Waals surface area contributed by atoms with Gasteiger partial charge < -0.3 is 9.13 Å². The maximum Gasteiger partial charge on any atom is 0.164 e. The van der Waals surface area contributed by atoms with Crippen molar-refractivity contribution in [2.45, 2.75) is 0 Å². The lowest BCUT2D eigenvalue weighted by molar-refractivity contribution is 1.07. The first kappa shape index (κ1) is 29.9. The van der Waals surface area contributed by atoms with Crippen LogP contribution >= 0.6 is 11.3 Å². The Kier molecular flexibility index (Phi) is 6.75. The first-order valence-electron chi connectivity index (χ1n) is 23.7. The standard InChI is InChI=1S/C57H35N5S/c1-3-16-36(17-4-1)55-58-56(37-30-32-43-42-22-7-11-26-48(42)61(51(43)34-37)39-18-5-2-6-19-39)60-57(59-55)38-31-33-44(46-24-15-25-47-45-23-10-14-29-53(45)63-54(46)47)52(35-38)62-49-27-12-8-20-40(49)41-21-9-13-28-50(41)62/h1-35H/i10D,15D,23D,24D,25D,29D. The van der Waals surface area contributed by atoms with Crippen LogP contribution in [0.25, 0.3) is 120 Å². The van der Waals surface area contributed by atoms with E-state index in [1.807, 2.05) is 91.0 Å². The number of aromatic nitrogens is 5. The Morgan fingerprint density at radius 3 is 1.63 bits per heavy atom. The van der Waals surface area contributed by atoms with Gasteiger partial charge in [-0.3, -0.25) is 0 Å². The molecular formula is C57H35N5S. The molecule has 4 aromatic heterocycles. The number of benzene rings is 9. The second-order valence-electron chi connectivity index (χ2n) is 15.5. The fourth-order valence-electron chi connectivity index (χ4n) is 9.12. The van der Waals surface area contributed by atoms with Crippen LogP contribution in [0.4, 0.5) is 0 Å². The Morgan fingerprint density at radius 1 is 0.381 bits per heavy atom. The molecule has 0 aliphatic rings. The summed E-state index contributed by atoms with van der Waals surface area (Å²) in [5, 5.41) is 4.90. The lowest BCUT2D eigenvalue weighted by Crippen LogP contribution is -2.02. The SMILES string of the molecule is [2H]c1cc([2H])c2sc3c(-c4ccc(-c5nc(-c6ccccc6)nc(-c6ccc7c8ccccc8n(-c8ccccc8)c7c6)n5)cc4-n4c5ccccc5c5ccccc54)c([2H])c([2H])c([2H])c3c2c1[2H]. The van der Waals surface area contributed by atoms with E-state index < -0.39 is 0 Å². The molecule has 0 spiro atoms. The number of hydrogen-bond acceptors (Lipinski definition) is 4. The van der Waals surface area contributed by atoms with Gasteiger partial charge in [0.15, 0.2) is 17.5 Å². The fourth-order valence-corrected chi connectivity index (χ4v) is 10.2. The van der Waals surface area contributed by atoms with Crippen LogP contribution in [-0.2, 0) is 0 Å². The molecule has 0 amide bonds. The molecule has 63 heavy (non-hydrogen) atoms. The molecule has 5 nitrogen and oxygen atoms in total. The molecule has 0 bridgehead atoms. The summed E-state index contributed by atoms with van der Waals surface area (Å²) in [6, 6.07) is 57.8. The van der Waals surface area contributed by atoms with E-state index in [1.165, 1.54) is 17.4 Å². The highest BCUT2D eigenvalue weighted by Gasteiger charge is 2.21. The molecule has 13 aromatic rings. The average Bonchev–Trinajstić information content (AvgIpc) is 4.07. The van der Waals surface area contributed by atoms with Gasteiger partial charge in [0.05, 0.1) is 36.0 Å². The van der Waals surface area contributed by atoms with Crippen LogP contribution in [0.2, 0.25) is 0 Å². The minimum Gasteiger partial charge on any atom is -0.309 e. The molecule has 0 atom stereocenters. The highest BCUT2D eigenvalue weighted by Crippen LogP contribution is 2.44. The third-order valence-electron chi connectivity index (χ3n) is 11.9. The maximum absolute atomic E-state index is 9.58. The highest BCUT2D eigenvalue weighted by atomic mass is 32.1. The van der Waals surface area contributed by atoms with Crippen molar-refractivity contribution in [2.75, 3.05) is 0 Å². The van der Waals surface area contributed by atoms with Crippen molar-refractivity contribution in [1.29, 1.82) is 0 Å². The topological polar surface area (TPSA) is 48.5 Å². The molecule has 0 aliphatic heterocycles. The lowest BCUT2D eigenvalue weighted by Gasteiger charge is -2.17. The van der Waals surface area contributed by atoms with Gasteiger partial charge in [-0.1, -0.05) is 164 Å². The van der Waals surface area contributed by atoms with Gasteiger partial charge in [-0.15, -0.1) is 11.3 Å². The molecule has 0 saturated carbocycles. The zero-order valence-corrected chi connectivity index (χ0v) is 34.2. The van der Waals surface area contributed by atoms with Crippen LogP contribution in [-0.4, -0.2) is 24.1 Å². The number of para-hydroxylation sites is 4. The molecule has 0 radical (unpaired) electrons. The molecular weight excluding hydrogens is 787 g/mol. The summed E-state index contributed by atoms with van der Waals surface area (Å²) < 4.78 is 59.6. The molecule has 0 aliphatic carbocycles. The summed E-state index contributed by atoms with van der Waals surface area (Å²) in [5.74, 6) is 1.42. The monoisotopic (exact) mass is 827 g/mol. The van der Waals surface area contributed by atoms with Gasteiger partial charge in [0.25, 0.3) is 0 Å². The summed E-state index contributed by atoms with van der Waals surface area (Å²) in [6.45, 7) is 0. The first-order valence-corrected chi connectivity index (χ1v) is 21.5. The molecule has 0 saturated heterocycles. The predicted molar refractivity (Wildman–Crippen MR) is 263 cm³/mol. The molecule has 294 valence electrons. The zero-order chi connectivity index (χ0) is 46.7. The molecule has 0 N–H and O–H groups in total.